The summed E-state index contributed by atoms with van der Waals surface area (Å²) in [5.41, 5.74) is -0.125. The van der Waals surface area contributed by atoms with Crippen LogP contribution in [0.15, 0.2) is 0 Å². The molecule has 0 radical (unpaired) electrons. The van der Waals surface area contributed by atoms with Gasteiger partial charge in [0.25, 0.3) is 0 Å². The van der Waals surface area contributed by atoms with Crippen molar-refractivity contribution < 1.29 is 9.13 Å². The van der Waals surface area contributed by atoms with Crippen LogP contribution in [0.5, 0.6) is 0 Å². The fraction of sp³-hybridized carbons (Fsp3) is 1.00. The number of ether oxygens (including phenoxy) is 1. The molecule has 68 valence electrons. The zero-order valence-corrected chi connectivity index (χ0v) is 7.98. The minimum absolute atomic E-state index is 0.125. The third-order valence-corrected chi connectivity index (χ3v) is 2.27. The van der Waals surface area contributed by atoms with Gasteiger partial charge in [-0.3, -0.25) is 4.39 Å². The largest absolute Gasteiger partial charge is 0.380 e. The molecule has 0 aromatic rings. The molecule has 1 nitrogen and oxygen atoms in total. The third-order valence-electron chi connectivity index (χ3n) is 2.27. The van der Waals surface area contributed by atoms with Gasteiger partial charge in [-0.05, 0) is 5.92 Å². The molecule has 1 fully saturated rings. The first-order valence-electron chi connectivity index (χ1n) is 4.35. The Morgan fingerprint density at radius 2 is 1.82 bits per heavy atom. The van der Waals surface area contributed by atoms with Gasteiger partial charge in [0, 0.05) is 5.41 Å². The van der Waals surface area contributed by atoms with Crippen LogP contribution in [-0.2, 0) is 4.74 Å². The molecule has 0 unspecified atom stereocenters. The summed E-state index contributed by atoms with van der Waals surface area (Å²) in [6.07, 6.45) is 0. The zero-order chi connectivity index (χ0) is 8.91. The van der Waals surface area contributed by atoms with E-state index in [1.165, 1.54) is 0 Å². The molecule has 1 aliphatic heterocycles. The van der Waals surface area contributed by atoms with E-state index in [9.17, 15) is 4.39 Å². The Bertz CT molecular complexity index is 92.2. The van der Waals surface area contributed by atoms with Gasteiger partial charge in [-0.25, -0.2) is 0 Å². The lowest BCUT2D eigenvalue weighted by Gasteiger charge is -2.42. The first kappa shape index (κ1) is 10.9. The van der Waals surface area contributed by atoms with Crippen LogP contribution in [-0.4, -0.2) is 19.9 Å². The van der Waals surface area contributed by atoms with E-state index in [0.717, 1.165) is 0 Å². The molecule has 0 saturated carbocycles. The summed E-state index contributed by atoms with van der Waals surface area (Å²) in [4.78, 5) is 0. The lowest BCUT2D eigenvalue weighted by Crippen LogP contribution is -2.48. The molecule has 1 saturated heterocycles. The molecule has 2 heteroatoms. The Morgan fingerprint density at radius 1 is 1.36 bits per heavy atom. The Morgan fingerprint density at radius 3 is 1.82 bits per heavy atom. The molecular weight excluding hydrogens is 143 g/mol. The van der Waals surface area contributed by atoms with Crippen molar-refractivity contribution in [1.29, 1.82) is 0 Å². The van der Waals surface area contributed by atoms with Crippen molar-refractivity contribution in [1.82, 2.24) is 0 Å². The molecule has 0 spiro atoms. The van der Waals surface area contributed by atoms with Crippen molar-refractivity contribution in [2.24, 2.45) is 11.3 Å². The van der Waals surface area contributed by atoms with Crippen molar-refractivity contribution >= 4 is 0 Å². The molecule has 1 aliphatic rings. The molecule has 0 aliphatic carbocycles. The van der Waals surface area contributed by atoms with E-state index in [-0.39, 0.29) is 12.1 Å². The molecule has 1 rings (SSSR count). The van der Waals surface area contributed by atoms with Crippen molar-refractivity contribution in [3.63, 3.8) is 0 Å². The van der Waals surface area contributed by atoms with Crippen molar-refractivity contribution in [3.05, 3.63) is 0 Å². The first-order chi connectivity index (χ1) is 5.21. The summed E-state index contributed by atoms with van der Waals surface area (Å²) in [6, 6.07) is 0. The average molecular weight is 162 g/mol. The van der Waals surface area contributed by atoms with E-state index in [0.29, 0.717) is 19.1 Å². The quantitative estimate of drug-likeness (QED) is 0.606. The first-order valence-corrected chi connectivity index (χ1v) is 4.35. The summed E-state index contributed by atoms with van der Waals surface area (Å²) in [6.45, 7) is 9.08. The highest BCUT2D eigenvalue weighted by Crippen LogP contribution is 2.35. The summed E-state index contributed by atoms with van der Waals surface area (Å²) in [5, 5.41) is 0. The van der Waals surface area contributed by atoms with Crippen LogP contribution in [0, 0.1) is 11.3 Å². The van der Waals surface area contributed by atoms with E-state index in [1.807, 2.05) is 27.7 Å². The van der Waals surface area contributed by atoms with Gasteiger partial charge in [-0.1, -0.05) is 27.7 Å². The highest BCUT2D eigenvalue weighted by molar-refractivity contribution is 4.87. The molecule has 11 heavy (non-hydrogen) atoms. The van der Waals surface area contributed by atoms with Crippen molar-refractivity contribution in [2.45, 2.75) is 27.7 Å². The lowest BCUT2D eigenvalue weighted by atomic mass is 9.77. The maximum absolute atomic E-state index is 12.3. The highest BCUT2D eigenvalue weighted by atomic mass is 19.1. The molecule has 0 N–H and O–H groups in total. The highest BCUT2D eigenvalue weighted by Gasteiger charge is 2.41. The van der Waals surface area contributed by atoms with E-state index < -0.39 is 0 Å². The number of hydrogen-bond acceptors (Lipinski definition) is 1. The summed E-state index contributed by atoms with van der Waals surface area (Å²) in [7, 11) is 0. The lowest BCUT2D eigenvalue weighted by molar-refractivity contribution is -0.148. The zero-order valence-electron chi connectivity index (χ0n) is 7.98. The topological polar surface area (TPSA) is 9.23 Å². The van der Waals surface area contributed by atoms with Gasteiger partial charge in [0.2, 0.25) is 0 Å². The van der Waals surface area contributed by atoms with Gasteiger partial charge >= 0.3 is 0 Å². The summed E-state index contributed by atoms with van der Waals surface area (Å²) < 4.78 is 17.2. The smallest absolute Gasteiger partial charge is 0.0997 e. The molecule has 0 amide bonds. The van der Waals surface area contributed by atoms with Gasteiger partial charge < -0.3 is 4.74 Å². The standard InChI is InChI=1S/C7H13FO.C2H6/c1-6(2)7(3-8)4-9-5-7;1-2/h6H,3-5H2,1-2H3;1-2H3. The van der Waals surface area contributed by atoms with Crippen LogP contribution in [0.2, 0.25) is 0 Å². The molecule has 0 aromatic heterocycles. The molecular formula is C9H19FO. The van der Waals surface area contributed by atoms with Gasteiger partial charge in [0.1, 0.15) is 0 Å². The molecule has 0 bridgehead atoms. The molecule has 0 atom stereocenters. The van der Waals surface area contributed by atoms with Gasteiger partial charge in [-0.15, -0.1) is 0 Å². The van der Waals surface area contributed by atoms with Gasteiger partial charge in [0.15, 0.2) is 0 Å². The Labute approximate surface area is 68.9 Å². The fourth-order valence-corrected chi connectivity index (χ4v) is 0.929. The van der Waals surface area contributed by atoms with E-state index in [4.69, 9.17) is 4.74 Å². The Hall–Kier alpha value is -0.110. The van der Waals surface area contributed by atoms with Crippen LogP contribution in [0.3, 0.4) is 0 Å². The van der Waals surface area contributed by atoms with Crippen LogP contribution < -0.4 is 0 Å². The molecule has 0 aromatic carbocycles. The number of halogens is 1. The minimum Gasteiger partial charge on any atom is -0.380 e. The predicted octanol–water partition coefficient (Wildman–Crippen LogP) is 2.65. The van der Waals surface area contributed by atoms with E-state index in [1.54, 1.807) is 0 Å². The minimum atomic E-state index is -0.231. The van der Waals surface area contributed by atoms with E-state index >= 15 is 0 Å². The summed E-state index contributed by atoms with van der Waals surface area (Å²) >= 11 is 0. The predicted molar refractivity (Wildman–Crippen MR) is 45.4 cm³/mol. The maximum atomic E-state index is 12.3. The second-order valence-electron chi connectivity index (χ2n) is 3.14. The van der Waals surface area contributed by atoms with Crippen molar-refractivity contribution in [2.75, 3.05) is 19.9 Å². The van der Waals surface area contributed by atoms with E-state index in [2.05, 4.69) is 0 Å². The number of hydrogen-bond donors (Lipinski definition) is 0. The Kier molecular flexibility index (Phi) is 4.66. The fourth-order valence-electron chi connectivity index (χ4n) is 0.929. The van der Waals surface area contributed by atoms with Crippen LogP contribution in [0.4, 0.5) is 4.39 Å². The van der Waals surface area contributed by atoms with Gasteiger partial charge in [-0.2, -0.15) is 0 Å². The maximum Gasteiger partial charge on any atom is 0.0997 e. The monoisotopic (exact) mass is 162 g/mol. The SMILES string of the molecule is CC.CC(C)C1(CF)COC1. The van der Waals surface area contributed by atoms with Crippen molar-refractivity contribution in [3.8, 4) is 0 Å². The van der Waals surface area contributed by atoms with Gasteiger partial charge in [0.05, 0.1) is 19.9 Å². The Balaban J connectivity index is 0.000000461. The normalized spacial score (nSPS) is 20.2. The second kappa shape index (κ2) is 4.70. The van der Waals surface area contributed by atoms with Crippen LogP contribution in [0.1, 0.15) is 27.7 Å². The second-order valence-corrected chi connectivity index (χ2v) is 3.14. The van der Waals surface area contributed by atoms with Crippen LogP contribution in [0.25, 0.3) is 0 Å². The number of rotatable bonds is 2. The molecule has 1 heterocycles. The van der Waals surface area contributed by atoms with Crippen LogP contribution >= 0.6 is 0 Å². The third kappa shape index (κ3) is 2.16. The summed E-state index contributed by atoms with van der Waals surface area (Å²) in [5.74, 6) is 0.413. The average Bonchev–Trinajstić information content (AvgIpc) is 1.90. The number of alkyl halides is 1.